The highest BCUT2D eigenvalue weighted by molar-refractivity contribution is 7.87. The minimum absolute atomic E-state index is 0.169. The van der Waals surface area contributed by atoms with Gasteiger partial charge < -0.3 is 0 Å². The average molecular weight is 272 g/mol. The highest BCUT2D eigenvalue weighted by Gasteiger charge is 2.39. The maximum Gasteiger partial charge on any atom is 0.307 e. The predicted molar refractivity (Wildman–Crippen MR) is 64.4 cm³/mol. The Morgan fingerprint density at radius 2 is 2.28 bits per heavy atom. The van der Waals surface area contributed by atoms with E-state index in [0.29, 0.717) is 5.82 Å². The van der Waals surface area contributed by atoms with E-state index < -0.39 is 21.4 Å². The van der Waals surface area contributed by atoms with E-state index in [4.69, 9.17) is 0 Å². The Hall–Kier alpha value is -1.50. The fraction of sp³-hybridized carbons (Fsp3) is 0.455. The van der Waals surface area contributed by atoms with Crippen LogP contribution in [0, 0.1) is 0 Å². The first-order chi connectivity index (χ1) is 8.41. The van der Waals surface area contributed by atoms with Crippen LogP contribution in [0.15, 0.2) is 18.3 Å². The van der Waals surface area contributed by atoms with E-state index in [9.17, 15) is 17.1 Å². The molecular weight excluding hydrogens is 259 g/mol. The molecule has 2 rings (SSSR count). The number of hydrogen-bond acceptors (Lipinski definition) is 4. The van der Waals surface area contributed by atoms with Gasteiger partial charge in [-0.2, -0.15) is 8.42 Å². The first-order valence-electron chi connectivity index (χ1n) is 5.60. The molecule has 1 atom stereocenters. The number of pyridine rings is 1. The lowest BCUT2D eigenvalue weighted by atomic mass is 10.2. The number of aryl methyl sites for hydroxylation is 1. The Kier molecular flexibility index (Phi) is 3.34. The van der Waals surface area contributed by atoms with Crippen molar-refractivity contribution in [3.8, 4) is 0 Å². The summed E-state index contributed by atoms with van der Waals surface area (Å²) in [6.45, 7) is 1.79. The van der Waals surface area contributed by atoms with Crippen molar-refractivity contribution in [3.63, 3.8) is 0 Å². The standard InChI is InChI=1S/C11H13FN2O3S/c1-2-8-3-4-13-10(5-8)14-7-9(6-11(14)15)18(12,16)17/h3-5,9H,2,6-7H2,1H3. The third kappa shape index (κ3) is 2.50. The molecule has 0 aliphatic carbocycles. The molecule has 0 N–H and O–H groups in total. The quantitative estimate of drug-likeness (QED) is 0.771. The fourth-order valence-electron chi connectivity index (χ4n) is 1.91. The summed E-state index contributed by atoms with van der Waals surface area (Å²) < 4.78 is 34.5. The summed E-state index contributed by atoms with van der Waals surface area (Å²) in [5.41, 5.74) is 0.986. The minimum atomic E-state index is -4.68. The predicted octanol–water partition coefficient (Wildman–Crippen LogP) is 1.05. The second-order valence-electron chi connectivity index (χ2n) is 4.18. The molecule has 0 spiro atoms. The second-order valence-corrected chi connectivity index (χ2v) is 5.80. The number of carbonyl (C=O) groups is 1. The Morgan fingerprint density at radius 3 is 2.83 bits per heavy atom. The molecule has 2 heterocycles. The Morgan fingerprint density at radius 1 is 1.56 bits per heavy atom. The van der Waals surface area contributed by atoms with Gasteiger partial charge in [0.2, 0.25) is 5.91 Å². The zero-order valence-corrected chi connectivity index (χ0v) is 10.7. The van der Waals surface area contributed by atoms with Gasteiger partial charge in [0, 0.05) is 19.2 Å². The molecule has 1 aliphatic heterocycles. The van der Waals surface area contributed by atoms with E-state index in [1.54, 1.807) is 12.3 Å². The summed E-state index contributed by atoms with van der Waals surface area (Å²) >= 11 is 0. The van der Waals surface area contributed by atoms with Crippen molar-refractivity contribution >= 4 is 21.9 Å². The topological polar surface area (TPSA) is 67.3 Å². The largest absolute Gasteiger partial charge is 0.307 e. The van der Waals surface area contributed by atoms with E-state index in [1.165, 1.54) is 4.90 Å². The zero-order chi connectivity index (χ0) is 13.3. The maximum atomic E-state index is 12.9. The molecule has 1 saturated heterocycles. The van der Waals surface area contributed by atoms with Gasteiger partial charge in [0.1, 0.15) is 11.1 Å². The molecule has 0 aromatic carbocycles. The Bertz CT molecular complexity index is 573. The van der Waals surface area contributed by atoms with Crippen LogP contribution in [0.2, 0.25) is 0 Å². The Balaban J connectivity index is 2.27. The zero-order valence-electron chi connectivity index (χ0n) is 9.84. The summed E-state index contributed by atoms with van der Waals surface area (Å²) in [5, 5.41) is -1.28. The lowest BCUT2D eigenvalue weighted by molar-refractivity contribution is -0.117. The lowest BCUT2D eigenvalue weighted by Crippen LogP contribution is -2.27. The van der Waals surface area contributed by atoms with E-state index >= 15 is 0 Å². The van der Waals surface area contributed by atoms with Crippen molar-refractivity contribution in [2.45, 2.75) is 25.0 Å². The van der Waals surface area contributed by atoms with Crippen LogP contribution in [0.3, 0.4) is 0 Å². The van der Waals surface area contributed by atoms with Crippen LogP contribution < -0.4 is 4.90 Å². The highest BCUT2D eigenvalue weighted by Crippen LogP contribution is 2.24. The molecule has 18 heavy (non-hydrogen) atoms. The van der Waals surface area contributed by atoms with Crippen LogP contribution in [0.25, 0.3) is 0 Å². The van der Waals surface area contributed by atoms with Gasteiger partial charge in [-0.25, -0.2) is 4.98 Å². The van der Waals surface area contributed by atoms with Crippen LogP contribution in [-0.4, -0.2) is 31.1 Å². The normalized spacial score (nSPS) is 20.4. The second kappa shape index (κ2) is 4.64. The molecule has 1 aliphatic rings. The van der Waals surface area contributed by atoms with Gasteiger partial charge in [-0.05, 0) is 24.1 Å². The number of hydrogen-bond donors (Lipinski definition) is 0. The molecule has 1 aromatic rings. The van der Waals surface area contributed by atoms with Crippen LogP contribution in [-0.2, 0) is 21.4 Å². The summed E-state index contributed by atoms with van der Waals surface area (Å²) in [5.74, 6) is -0.0347. The van der Waals surface area contributed by atoms with Crippen molar-refractivity contribution < 1.29 is 17.1 Å². The van der Waals surface area contributed by atoms with Crippen molar-refractivity contribution in [3.05, 3.63) is 23.9 Å². The van der Waals surface area contributed by atoms with Gasteiger partial charge in [-0.15, -0.1) is 3.89 Å². The Labute approximate surface area is 105 Å². The molecule has 1 aromatic heterocycles. The van der Waals surface area contributed by atoms with Crippen LogP contribution in [0.5, 0.6) is 0 Å². The van der Waals surface area contributed by atoms with Gasteiger partial charge in [0.05, 0.1) is 0 Å². The van der Waals surface area contributed by atoms with Crippen molar-refractivity contribution in [1.29, 1.82) is 0 Å². The molecular formula is C11H13FN2O3S. The van der Waals surface area contributed by atoms with Crippen LogP contribution in [0.1, 0.15) is 18.9 Å². The number of nitrogens with zero attached hydrogens (tertiary/aromatic N) is 2. The van der Waals surface area contributed by atoms with E-state index in [1.807, 2.05) is 13.0 Å². The number of rotatable bonds is 3. The summed E-state index contributed by atoms with van der Waals surface area (Å²) in [6.07, 6.45) is 2.01. The molecule has 98 valence electrons. The molecule has 1 unspecified atom stereocenters. The van der Waals surface area contributed by atoms with E-state index in [2.05, 4.69) is 4.98 Å². The van der Waals surface area contributed by atoms with Gasteiger partial charge in [-0.1, -0.05) is 6.92 Å². The minimum Gasteiger partial charge on any atom is -0.295 e. The monoisotopic (exact) mass is 272 g/mol. The molecule has 0 saturated carbocycles. The van der Waals surface area contributed by atoms with Crippen LogP contribution >= 0.6 is 0 Å². The van der Waals surface area contributed by atoms with Gasteiger partial charge in [-0.3, -0.25) is 9.69 Å². The van der Waals surface area contributed by atoms with Gasteiger partial charge in [0.25, 0.3) is 0 Å². The number of anilines is 1. The molecule has 7 heteroatoms. The first kappa shape index (κ1) is 12.9. The fourth-order valence-corrected chi connectivity index (χ4v) is 2.58. The van der Waals surface area contributed by atoms with Gasteiger partial charge >= 0.3 is 10.2 Å². The number of halogens is 1. The third-order valence-corrected chi connectivity index (χ3v) is 4.09. The maximum absolute atomic E-state index is 12.9. The summed E-state index contributed by atoms with van der Waals surface area (Å²) in [4.78, 5) is 16.9. The summed E-state index contributed by atoms with van der Waals surface area (Å²) in [7, 11) is -4.68. The average Bonchev–Trinajstić information content (AvgIpc) is 2.71. The van der Waals surface area contributed by atoms with E-state index in [0.717, 1.165) is 12.0 Å². The molecule has 5 nitrogen and oxygen atoms in total. The smallest absolute Gasteiger partial charge is 0.295 e. The van der Waals surface area contributed by atoms with Crippen LogP contribution in [0.4, 0.5) is 9.70 Å². The van der Waals surface area contributed by atoms with Gasteiger partial charge in [0.15, 0.2) is 0 Å². The molecule has 1 fully saturated rings. The number of aromatic nitrogens is 1. The summed E-state index contributed by atoms with van der Waals surface area (Å²) in [6, 6.07) is 3.53. The first-order valence-corrected chi connectivity index (χ1v) is 7.05. The number of carbonyl (C=O) groups excluding carboxylic acids is 1. The molecule has 0 bridgehead atoms. The van der Waals surface area contributed by atoms with E-state index in [-0.39, 0.29) is 13.0 Å². The molecule has 0 radical (unpaired) electrons. The third-order valence-electron chi connectivity index (χ3n) is 2.98. The van der Waals surface area contributed by atoms with Crippen molar-refractivity contribution in [2.24, 2.45) is 0 Å². The van der Waals surface area contributed by atoms with Crippen molar-refractivity contribution in [1.82, 2.24) is 4.98 Å². The van der Waals surface area contributed by atoms with Crippen molar-refractivity contribution in [2.75, 3.05) is 11.4 Å². The lowest BCUT2D eigenvalue weighted by Gasteiger charge is -2.15. The molecule has 1 amide bonds. The number of amides is 1. The highest BCUT2D eigenvalue weighted by atomic mass is 32.3. The SMILES string of the molecule is CCc1ccnc(N2CC(S(=O)(=O)F)CC2=O)c1.